The van der Waals surface area contributed by atoms with Crippen LogP contribution in [0.4, 0.5) is 0 Å². The lowest BCUT2D eigenvalue weighted by molar-refractivity contribution is -0.175. The fraction of sp³-hybridized carbons (Fsp3) is 0.561. The maximum absolute atomic E-state index is 13.9. The van der Waals surface area contributed by atoms with Gasteiger partial charge < -0.3 is 24.8 Å². The number of nitrogens with one attached hydrogen (secondary N) is 2. The summed E-state index contributed by atoms with van der Waals surface area (Å²) < 4.78 is 19.1. The Kier molecular flexibility index (Phi) is 22.7. The number of carbonyl (C=O) groups is 4. The molecular weight excluding hydrogens is 695 g/mol. The minimum Gasteiger partial charge on any atom is -0.455 e. The van der Waals surface area contributed by atoms with E-state index in [1.807, 2.05) is 19.1 Å². The van der Waals surface area contributed by atoms with Gasteiger partial charge in [0.15, 0.2) is 0 Å². The van der Waals surface area contributed by atoms with Crippen LogP contribution in [0.15, 0.2) is 77.4 Å². The van der Waals surface area contributed by atoms with Gasteiger partial charge in [-0.1, -0.05) is 126 Å². The lowest BCUT2D eigenvalue weighted by atomic mass is 10.00. The number of nitroso groups, excluding NO2 is 1. The standard InChI is InChI=1S/C41H59N3O8S/c1-5-7-8-9-10-11-12-13-14-15-16-23-28-34(6-2)51-40(48)38(52-36(46)30-50-29-35(45)42-31-41(3,4)53-44-49)37(32-24-19-17-20-25-32)43-39(47)33-26-21-18-22-27-33/h17-28,34,37-38H,5-16,29-31H2,1-4H3,(H,42,45)(H,43,47)/t34?,37-,38+/m0/s1. The first-order valence-corrected chi connectivity index (χ1v) is 19.7. The minimum absolute atomic E-state index is 0.149. The largest absolute Gasteiger partial charge is 0.455 e. The number of hydrogen-bond acceptors (Lipinski definition) is 10. The molecule has 2 amide bonds. The molecule has 0 saturated carbocycles. The van der Waals surface area contributed by atoms with Crippen molar-refractivity contribution in [2.24, 2.45) is 4.58 Å². The van der Waals surface area contributed by atoms with E-state index in [0.29, 0.717) is 17.5 Å². The van der Waals surface area contributed by atoms with Crippen molar-refractivity contribution in [3.8, 4) is 0 Å². The van der Waals surface area contributed by atoms with Crippen molar-refractivity contribution >= 4 is 35.7 Å². The van der Waals surface area contributed by atoms with Gasteiger partial charge in [-0.2, -0.15) is 0 Å². The van der Waals surface area contributed by atoms with Crippen LogP contribution in [-0.4, -0.2) is 60.5 Å². The molecule has 0 saturated heterocycles. The van der Waals surface area contributed by atoms with Gasteiger partial charge in [0.2, 0.25) is 12.0 Å². The number of amides is 2. The van der Waals surface area contributed by atoms with Crippen LogP contribution in [0.1, 0.15) is 127 Å². The summed E-state index contributed by atoms with van der Waals surface area (Å²) in [6, 6.07) is 16.1. The van der Waals surface area contributed by atoms with Crippen molar-refractivity contribution in [1.82, 2.24) is 10.6 Å². The lowest BCUT2D eigenvalue weighted by Gasteiger charge is -2.28. The van der Waals surface area contributed by atoms with Crippen molar-refractivity contribution in [3.63, 3.8) is 0 Å². The molecule has 2 aromatic rings. The number of carbonyl (C=O) groups excluding carboxylic acids is 4. The summed E-state index contributed by atoms with van der Waals surface area (Å²) in [7, 11) is 0. The van der Waals surface area contributed by atoms with Crippen LogP contribution in [0.3, 0.4) is 0 Å². The third-order valence-electron chi connectivity index (χ3n) is 8.47. The molecule has 2 N–H and O–H groups in total. The zero-order chi connectivity index (χ0) is 38.7. The van der Waals surface area contributed by atoms with Crippen LogP contribution in [0.25, 0.3) is 0 Å². The average molecular weight is 754 g/mol. The minimum atomic E-state index is -1.58. The van der Waals surface area contributed by atoms with Gasteiger partial charge in [-0.3, -0.25) is 9.59 Å². The van der Waals surface area contributed by atoms with Crippen LogP contribution >= 0.6 is 11.9 Å². The molecule has 0 heterocycles. The van der Waals surface area contributed by atoms with E-state index in [1.54, 1.807) is 74.5 Å². The quantitative estimate of drug-likeness (QED) is 0.0286. The molecular formula is C41H59N3O8S. The van der Waals surface area contributed by atoms with Crippen molar-refractivity contribution in [1.29, 1.82) is 0 Å². The van der Waals surface area contributed by atoms with Gasteiger partial charge in [-0.25, -0.2) is 9.59 Å². The van der Waals surface area contributed by atoms with Gasteiger partial charge in [0.05, 0.1) is 4.75 Å². The van der Waals surface area contributed by atoms with Crippen LogP contribution < -0.4 is 10.6 Å². The number of benzene rings is 2. The summed E-state index contributed by atoms with van der Waals surface area (Å²) in [5.41, 5.74) is 0.870. The van der Waals surface area contributed by atoms with Crippen molar-refractivity contribution < 1.29 is 33.4 Å². The number of hydrogen-bond donors (Lipinski definition) is 2. The number of esters is 2. The van der Waals surface area contributed by atoms with E-state index >= 15 is 0 Å². The van der Waals surface area contributed by atoms with E-state index in [-0.39, 0.29) is 6.54 Å². The van der Waals surface area contributed by atoms with Gasteiger partial charge >= 0.3 is 11.9 Å². The number of nitrogens with zero attached hydrogens (tertiary/aromatic N) is 1. The molecule has 53 heavy (non-hydrogen) atoms. The van der Waals surface area contributed by atoms with Crippen molar-refractivity contribution in [3.05, 3.63) is 88.8 Å². The molecule has 0 fully saturated rings. The Morgan fingerprint density at radius 2 is 1.42 bits per heavy atom. The van der Waals surface area contributed by atoms with E-state index in [1.165, 1.54) is 51.4 Å². The Balaban J connectivity index is 2.10. The number of allylic oxidation sites excluding steroid dienone is 1. The molecule has 12 heteroatoms. The SMILES string of the molecule is CCCCCCCCCCCCC=CC(CC)OC(=O)[C@H](OC(=O)COCC(=O)NCC(C)(C)SN=O)[C@@H](NC(=O)c1ccccc1)c1ccccc1. The van der Waals surface area contributed by atoms with E-state index in [9.17, 15) is 24.1 Å². The fourth-order valence-electron chi connectivity index (χ4n) is 5.43. The fourth-order valence-corrected chi connectivity index (χ4v) is 5.77. The summed E-state index contributed by atoms with van der Waals surface area (Å²) in [6.45, 7) is 6.66. The van der Waals surface area contributed by atoms with E-state index < -0.39 is 60.0 Å². The molecule has 3 atom stereocenters. The zero-order valence-electron chi connectivity index (χ0n) is 31.9. The second kappa shape index (κ2) is 26.7. The van der Waals surface area contributed by atoms with Crippen LogP contribution in [-0.2, 0) is 28.6 Å². The third-order valence-corrected chi connectivity index (χ3v) is 9.18. The molecule has 2 rings (SSSR count). The molecule has 0 spiro atoms. The number of unbranched alkanes of at least 4 members (excludes halogenated alkanes) is 10. The zero-order valence-corrected chi connectivity index (χ0v) is 32.7. The van der Waals surface area contributed by atoms with Crippen LogP contribution in [0, 0.1) is 4.91 Å². The van der Waals surface area contributed by atoms with Gasteiger partial charge in [0.25, 0.3) is 5.91 Å². The van der Waals surface area contributed by atoms with Gasteiger partial charge in [-0.15, -0.1) is 4.91 Å². The summed E-state index contributed by atoms with van der Waals surface area (Å²) in [6.07, 6.45) is 15.6. The highest BCUT2D eigenvalue weighted by Gasteiger charge is 2.37. The van der Waals surface area contributed by atoms with Crippen molar-refractivity contribution in [2.45, 2.75) is 128 Å². The predicted molar refractivity (Wildman–Crippen MR) is 210 cm³/mol. The Labute approximate surface area is 319 Å². The monoisotopic (exact) mass is 753 g/mol. The van der Waals surface area contributed by atoms with E-state index in [4.69, 9.17) is 14.2 Å². The highest BCUT2D eigenvalue weighted by atomic mass is 32.2. The first kappa shape index (κ1) is 45.1. The summed E-state index contributed by atoms with van der Waals surface area (Å²) in [5, 5.41) is 5.49. The Bertz CT molecular complexity index is 1390. The highest BCUT2D eigenvalue weighted by Crippen LogP contribution is 2.25. The lowest BCUT2D eigenvalue weighted by Crippen LogP contribution is -2.45. The molecule has 1 unspecified atom stereocenters. The number of ether oxygens (including phenoxy) is 3. The third kappa shape index (κ3) is 19.6. The maximum Gasteiger partial charge on any atom is 0.350 e. The topological polar surface area (TPSA) is 149 Å². The predicted octanol–water partition coefficient (Wildman–Crippen LogP) is 8.58. The van der Waals surface area contributed by atoms with E-state index in [2.05, 4.69) is 22.1 Å². The second-order valence-electron chi connectivity index (χ2n) is 13.6. The first-order chi connectivity index (χ1) is 25.6. The summed E-state index contributed by atoms with van der Waals surface area (Å²) in [5.74, 6) is -2.76. The summed E-state index contributed by atoms with van der Waals surface area (Å²) in [4.78, 5) is 63.3. The van der Waals surface area contributed by atoms with Crippen LogP contribution in [0.5, 0.6) is 0 Å². The molecule has 11 nitrogen and oxygen atoms in total. The van der Waals surface area contributed by atoms with Gasteiger partial charge in [0, 0.05) is 28.6 Å². The Morgan fingerprint density at radius 1 is 0.811 bits per heavy atom. The summed E-state index contributed by atoms with van der Waals surface area (Å²) >= 11 is 0.796. The molecule has 0 aromatic heterocycles. The van der Waals surface area contributed by atoms with E-state index in [0.717, 1.165) is 31.2 Å². The molecule has 0 aliphatic heterocycles. The second-order valence-corrected chi connectivity index (χ2v) is 15.1. The van der Waals surface area contributed by atoms with Gasteiger partial charge in [0.1, 0.15) is 25.4 Å². The van der Waals surface area contributed by atoms with Crippen LogP contribution in [0.2, 0.25) is 0 Å². The molecule has 0 aliphatic rings. The molecule has 0 radical (unpaired) electrons. The molecule has 2 aromatic carbocycles. The molecule has 0 bridgehead atoms. The first-order valence-electron chi connectivity index (χ1n) is 18.9. The normalized spacial score (nSPS) is 13.1. The maximum atomic E-state index is 13.9. The number of rotatable bonds is 28. The smallest absolute Gasteiger partial charge is 0.350 e. The highest BCUT2D eigenvalue weighted by molar-refractivity contribution is 7.99. The molecule has 0 aliphatic carbocycles. The Morgan fingerprint density at radius 3 is 2.02 bits per heavy atom. The molecule has 292 valence electrons. The van der Waals surface area contributed by atoms with Gasteiger partial charge in [-0.05, 0) is 56.9 Å². The average Bonchev–Trinajstić information content (AvgIpc) is 3.15. The van der Waals surface area contributed by atoms with Crippen molar-refractivity contribution in [2.75, 3.05) is 19.8 Å². The Hall–Kier alpha value is -4.03.